The molecule has 0 aliphatic carbocycles. The largest absolute Gasteiger partial charge is 0.457 e. The lowest BCUT2D eigenvalue weighted by Gasteiger charge is -2.36. The van der Waals surface area contributed by atoms with Crippen LogP contribution in [0.1, 0.15) is 58.6 Å². The maximum Gasteiger partial charge on any atom is 0.410 e. The van der Waals surface area contributed by atoms with Crippen molar-refractivity contribution in [2.75, 3.05) is 52.2 Å². The first-order valence-electron chi connectivity index (χ1n) is 15.0. The number of esters is 1. The predicted octanol–water partition coefficient (Wildman–Crippen LogP) is 3.30. The highest BCUT2D eigenvalue weighted by Crippen LogP contribution is 2.27. The third-order valence-electron chi connectivity index (χ3n) is 8.05. The molecule has 3 rings (SSSR count). The van der Waals surface area contributed by atoms with E-state index in [4.69, 9.17) is 9.47 Å². The number of carbonyl (C=O) groups is 2. The first-order chi connectivity index (χ1) is 20.3. The Labute approximate surface area is 255 Å². The molecule has 1 amide bonds. The lowest BCUT2D eigenvalue weighted by atomic mass is 9.88. The zero-order chi connectivity index (χ0) is 31.7. The molecule has 11 nitrogen and oxygen atoms in total. The van der Waals surface area contributed by atoms with E-state index < -0.39 is 36.0 Å². The Morgan fingerprint density at radius 2 is 1.95 bits per heavy atom. The summed E-state index contributed by atoms with van der Waals surface area (Å²) in [6.45, 7) is 10.0. The summed E-state index contributed by atoms with van der Waals surface area (Å²) >= 11 is 0. The Morgan fingerprint density at radius 1 is 1.26 bits per heavy atom. The second kappa shape index (κ2) is 15.4. The summed E-state index contributed by atoms with van der Waals surface area (Å²) in [5, 5.41) is 21.9. The average Bonchev–Trinajstić information content (AvgIpc) is 2.96. The van der Waals surface area contributed by atoms with Crippen LogP contribution in [0.25, 0.3) is 0 Å². The Morgan fingerprint density at radius 3 is 2.63 bits per heavy atom. The number of ether oxygens (including phenoxy) is 2. The van der Waals surface area contributed by atoms with Crippen LogP contribution in [0, 0.1) is 5.92 Å². The number of cyclic esters (lactones) is 1. The van der Waals surface area contributed by atoms with Crippen LogP contribution in [-0.4, -0.2) is 113 Å². The summed E-state index contributed by atoms with van der Waals surface area (Å²) in [6, 6.07) is 1.88. The van der Waals surface area contributed by atoms with E-state index in [1.807, 2.05) is 77.2 Å². The van der Waals surface area contributed by atoms with E-state index in [9.17, 15) is 19.8 Å². The van der Waals surface area contributed by atoms with E-state index >= 15 is 0 Å². The van der Waals surface area contributed by atoms with Crippen molar-refractivity contribution in [3.05, 3.63) is 53.9 Å². The van der Waals surface area contributed by atoms with E-state index in [1.165, 1.54) is 0 Å². The Kier molecular flexibility index (Phi) is 12.3. The monoisotopic (exact) mass is 599 g/mol. The fourth-order valence-corrected chi connectivity index (χ4v) is 5.02. The molecule has 6 atom stereocenters. The number of hydrogen-bond acceptors (Lipinski definition) is 10. The molecular weight excluding hydrogens is 550 g/mol. The van der Waals surface area contributed by atoms with Crippen LogP contribution in [0.3, 0.4) is 0 Å². The van der Waals surface area contributed by atoms with Crippen molar-refractivity contribution in [3.8, 4) is 0 Å². The smallest absolute Gasteiger partial charge is 0.410 e. The number of carbonyl (C=O) groups excluding carboxylic acids is 2. The molecule has 1 unspecified atom stereocenters. The van der Waals surface area contributed by atoms with E-state index in [0.29, 0.717) is 19.0 Å². The van der Waals surface area contributed by atoms with Gasteiger partial charge in [0.15, 0.2) is 6.10 Å². The summed E-state index contributed by atoms with van der Waals surface area (Å²) in [4.78, 5) is 40.3. The Balaban J connectivity index is 1.81. The first kappa shape index (κ1) is 34.2. The number of piperazine rings is 1. The first-order valence-corrected chi connectivity index (χ1v) is 15.0. The van der Waals surface area contributed by atoms with Gasteiger partial charge in [0.05, 0.1) is 18.2 Å². The van der Waals surface area contributed by atoms with Crippen molar-refractivity contribution in [3.63, 3.8) is 0 Å². The van der Waals surface area contributed by atoms with Gasteiger partial charge in [0.25, 0.3) is 0 Å². The fourth-order valence-electron chi connectivity index (χ4n) is 5.02. The highest BCUT2D eigenvalue weighted by Gasteiger charge is 2.36. The number of aliphatic hydroxyl groups excluding tert-OH is 1. The van der Waals surface area contributed by atoms with Crippen molar-refractivity contribution in [2.45, 2.75) is 76.8 Å². The van der Waals surface area contributed by atoms with Crippen LogP contribution < -0.4 is 4.90 Å². The van der Waals surface area contributed by atoms with Crippen molar-refractivity contribution >= 4 is 18.0 Å². The minimum atomic E-state index is -1.45. The Hall–Kier alpha value is -3.28. The molecule has 1 aromatic heterocycles. The number of anilines is 1. The molecule has 0 radical (unpaired) electrons. The molecule has 0 saturated carbocycles. The van der Waals surface area contributed by atoms with Crippen LogP contribution in [0.4, 0.5) is 10.7 Å². The summed E-state index contributed by atoms with van der Waals surface area (Å²) in [6.07, 6.45) is 8.08. The predicted molar refractivity (Wildman–Crippen MR) is 166 cm³/mol. The minimum Gasteiger partial charge on any atom is -0.457 e. The van der Waals surface area contributed by atoms with Crippen LogP contribution in [0.15, 0.2) is 48.2 Å². The van der Waals surface area contributed by atoms with E-state index in [-0.39, 0.29) is 31.1 Å². The molecule has 0 aromatic carbocycles. The van der Waals surface area contributed by atoms with Crippen LogP contribution in [0.5, 0.6) is 0 Å². The van der Waals surface area contributed by atoms with Gasteiger partial charge in [0.1, 0.15) is 11.7 Å². The number of amides is 1. The fraction of sp³-hybridized carbons (Fsp3) is 0.625. The third-order valence-corrected chi connectivity index (χ3v) is 8.05. The molecule has 1 fully saturated rings. The van der Waals surface area contributed by atoms with Gasteiger partial charge in [-0.25, -0.2) is 14.8 Å². The summed E-state index contributed by atoms with van der Waals surface area (Å²) in [5.41, 5.74) is 0.234. The normalized spacial score (nSPS) is 29.7. The molecule has 3 heterocycles. The summed E-state index contributed by atoms with van der Waals surface area (Å²) < 4.78 is 11.7. The van der Waals surface area contributed by atoms with E-state index in [1.54, 1.807) is 24.1 Å². The van der Waals surface area contributed by atoms with Gasteiger partial charge < -0.3 is 34.4 Å². The van der Waals surface area contributed by atoms with Gasteiger partial charge in [-0.05, 0) is 51.5 Å². The van der Waals surface area contributed by atoms with Crippen molar-refractivity contribution in [1.29, 1.82) is 0 Å². The molecule has 1 aromatic rings. The topological polar surface area (TPSA) is 129 Å². The van der Waals surface area contributed by atoms with E-state index in [0.717, 1.165) is 24.4 Å². The van der Waals surface area contributed by atoms with Gasteiger partial charge in [-0.2, -0.15) is 0 Å². The van der Waals surface area contributed by atoms with Crippen LogP contribution >= 0.6 is 0 Å². The highest BCUT2D eigenvalue weighted by molar-refractivity contribution is 5.70. The van der Waals surface area contributed by atoms with Crippen LogP contribution in [-0.2, 0) is 14.3 Å². The van der Waals surface area contributed by atoms with Gasteiger partial charge in [-0.3, -0.25) is 4.79 Å². The van der Waals surface area contributed by atoms with Crippen molar-refractivity contribution < 1.29 is 29.3 Å². The summed E-state index contributed by atoms with van der Waals surface area (Å²) in [7, 11) is 5.79. The number of aliphatic hydroxyl groups is 2. The second-order valence-electron chi connectivity index (χ2n) is 12.3. The molecule has 1 saturated heterocycles. The maximum atomic E-state index is 13.0. The van der Waals surface area contributed by atoms with Gasteiger partial charge in [0, 0.05) is 58.3 Å². The number of allylic oxidation sites excluding steroid dienone is 3. The van der Waals surface area contributed by atoms with Gasteiger partial charge in [-0.15, -0.1) is 0 Å². The maximum absolute atomic E-state index is 13.0. The zero-order valence-electron chi connectivity index (χ0n) is 26.6. The minimum absolute atomic E-state index is 0.0232. The van der Waals surface area contributed by atoms with Crippen molar-refractivity contribution in [1.82, 2.24) is 19.8 Å². The molecule has 0 spiro atoms. The van der Waals surface area contributed by atoms with E-state index in [2.05, 4.69) is 14.9 Å². The number of aromatic nitrogens is 2. The third kappa shape index (κ3) is 10.1. The molecular formula is C32H49N5O6. The molecule has 0 bridgehead atoms. The zero-order valence-corrected chi connectivity index (χ0v) is 26.6. The highest BCUT2D eigenvalue weighted by atomic mass is 16.6. The lowest BCUT2D eigenvalue weighted by molar-refractivity contribution is -0.151. The molecule has 2 aliphatic heterocycles. The van der Waals surface area contributed by atoms with Gasteiger partial charge in [-0.1, -0.05) is 38.2 Å². The number of hydrogen-bond donors (Lipinski definition) is 2. The lowest BCUT2D eigenvalue weighted by Crippen LogP contribution is -2.50. The number of likely N-dealkylation sites (N-methyl/N-ethyl adjacent to an activating group) is 1. The Bertz CT molecular complexity index is 1170. The number of nitrogens with zero attached hydrogens (tertiary/aromatic N) is 5. The quantitative estimate of drug-likeness (QED) is 0.286. The number of rotatable bonds is 6. The molecule has 238 valence electrons. The standard InChI is InChI=1S/C32H49N5O6/c1-22(26-14-16-33-30(34-26)35(5)6)9-8-10-23(2)29-24(3)11-12-27(42-31(40)37-19-17-36(7)18-20-37)32(4,41)15-13-25(38)21-28(39)43-29/h8-12,14,16,22,24-25,27,29,38,41H,13,15,17-21H2,1-7H3/b9-8+,12-11+,23-10+/t22?,24-,25+,27-,29+,32+/m0/s1. The molecule has 11 heteroatoms. The second-order valence-corrected chi connectivity index (χ2v) is 12.3. The summed E-state index contributed by atoms with van der Waals surface area (Å²) in [5.74, 6) is -0.167. The van der Waals surface area contributed by atoms with Crippen molar-refractivity contribution in [2.24, 2.45) is 5.92 Å². The SMILES string of the molecule is C/C(=C\C=C\C(C)c1ccnc(N(C)C)n1)[C@H]1OC(=O)C[C@H](O)CC[C@@](C)(O)[C@@H](OC(=O)N2CCN(C)CC2)/C=C/[C@@H]1C. The van der Waals surface area contributed by atoms with Crippen LogP contribution in [0.2, 0.25) is 0 Å². The molecule has 2 N–H and O–H groups in total. The molecule has 43 heavy (non-hydrogen) atoms. The average molecular weight is 600 g/mol. The molecule has 2 aliphatic rings. The van der Waals surface area contributed by atoms with Gasteiger partial charge >= 0.3 is 12.1 Å². The van der Waals surface area contributed by atoms with Gasteiger partial charge in [0.2, 0.25) is 5.95 Å².